The minimum absolute atomic E-state index is 0.154. The SMILES string of the molecule is Cc1cc([N+](=O)[O-])ccc1NCC(F)(F)C(F)F. The van der Waals surface area contributed by atoms with E-state index in [2.05, 4.69) is 5.32 Å². The number of hydrogen-bond acceptors (Lipinski definition) is 3. The number of hydrogen-bond donors (Lipinski definition) is 1. The largest absolute Gasteiger partial charge is 0.379 e. The van der Waals surface area contributed by atoms with Crippen LogP contribution < -0.4 is 5.32 Å². The first-order valence-electron chi connectivity index (χ1n) is 4.89. The highest BCUT2D eigenvalue weighted by molar-refractivity contribution is 5.55. The average Bonchev–Trinajstić information content (AvgIpc) is 2.26. The number of aryl methyl sites for hydroxylation is 1. The Morgan fingerprint density at radius 3 is 2.50 bits per heavy atom. The maximum atomic E-state index is 12.7. The number of alkyl halides is 4. The molecule has 0 heterocycles. The van der Waals surface area contributed by atoms with Gasteiger partial charge in [-0.25, -0.2) is 8.78 Å². The van der Waals surface area contributed by atoms with Gasteiger partial charge in [-0.1, -0.05) is 0 Å². The number of benzene rings is 1. The lowest BCUT2D eigenvalue weighted by Crippen LogP contribution is -2.34. The Labute approximate surface area is 99.8 Å². The van der Waals surface area contributed by atoms with Crippen molar-refractivity contribution in [1.29, 1.82) is 0 Å². The van der Waals surface area contributed by atoms with Crippen LogP contribution in [0.2, 0.25) is 0 Å². The van der Waals surface area contributed by atoms with E-state index in [9.17, 15) is 27.7 Å². The Hall–Kier alpha value is -1.86. The van der Waals surface area contributed by atoms with Gasteiger partial charge in [0.2, 0.25) is 0 Å². The molecule has 0 saturated heterocycles. The Morgan fingerprint density at radius 2 is 2.06 bits per heavy atom. The predicted octanol–water partition coefficient (Wildman–Crippen LogP) is 3.22. The van der Waals surface area contributed by atoms with Crippen LogP contribution in [0.15, 0.2) is 18.2 Å². The molecule has 0 unspecified atom stereocenters. The average molecular weight is 266 g/mol. The fraction of sp³-hybridized carbons (Fsp3) is 0.400. The molecule has 0 aliphatic heterocycles. The molecule has 1 rings (SSSR count). The third kappa shape index (κ3) is 3.31. The van der Waals surface area contributed by atoms with Crippen LogP contribution in [0.5, 0.6) is 0 Å². The van der Waals surface area contributed by atoms with Gasteiger partial charge >= 0.3 is 12.3 Å². The van der Waals surface area contributed by atoms with Crippen LogP contribution in [0.3, 0.4) is 0 Å². The summed E-state index contributed by atoms with van der Waals surface area (Å²) >= 11 is 0. The van der Waals surface area contributed by atoms with E-state index >= 15 is 0 Å². The number of rotatable bonds is 5. The predicted molar refractivity (Wildman–Crippen MR) is 57.3 cm³/mol. The summed E-state index contributed by atoms with van der Waals surface area (Å²) in [7, 11) is 0. The molecule has 0 saturated carbocycles. The number of nitrogens with zero attached hydrogens (tertiary/aromatic N) is 1. The van der Waals surface area contributed by atoms with E-state index in [-0.39, 0.29) is 11.4 Å². The van der Waals surface area contributed by atoms with Crippen LogP contribution in [0.25, 0.3) is 0 Å². The lowest BCUT2D eigenvalue weighted by atomic mass is 10.1. The van der Waals surface area contributed by atoms with Crippen molar-refractivity contribution in [1.82, 2.24) is 0 Å². The number of halogens is 4. The summed E-state index contributed by atoms with van der Waals surface area (Å²) < 4.78 is 49.1. The maximum Gasteiger partial charge on any atom is 0.324 e. The fourth-order valence-corrected chi connectivity index (χ4v) is 1.25. The van der Waals surface area contributed by atoms with Crippen LogP contribution in [-0.4, -0.2) is 23.8 Å². The summed E-state index contributed by atoms with van der Waals surface area (Å²) in [6, 6.07) is 3.48. The standard InChI is InChI=1S/C10H10F4N2O2/c1-6-4-7(16(17)18)2-3-8(6)15-5-10(13,14)9(11)12/h2-4,9,15H,5H2,1H3. The first kappa shape index (κ1) is 14.2. The number of non-ortho nitro benzene ring substituents is 1. The molecule has 0 aromatic heterocycles. The minimum Gasteiger partial charge on any atom is -0.379 e. The molecule has 1 aromatic rings. The fourth-order valence-electron chi connectivity index (χ4n) is 1.25. The normalized spacial score (nSPS) is 11.7. The van der Waals surface area contributed by atoms with Crippen LogP contribution in [0, 0.1) is 17.0 Å². The van der Waals surface area contributed by atoms with Gasteiger partial charge in [0.25, 0.3) is 5.69 Å². The summed E-state index contributed by atoms with van der Waals surface area (Å²) in [5.74, 6) is -4.14. The lowest BCUT2D eigenvalue weighted by molar-refractivity contribution is -0.384. The Morgan fingerprint density at radius 1 is 1.44 bits per heavy atom. The summed E-state index contributed by atoms with van der Waals surface area (Å²) in [6.07, 6.45) is -3.76. The van der Waals surface area contributed by atoms with Gasteiger partial charge in [0.05, 0.1) is 11.5 Å². The lowest BCUT2D eigenvalue weighted by Gasteiger charge is -2.17. The van der Waals surface area contributed by atoms with Gasteiger partial charge in [-0.2, -0.15) is 8.78 Å². The topological polar surface area (TPSA) is 55.2 Å². The molecule has 0 bridgehead atoms. The molecule has 0 aliphatic rings. The molecular weight excluding hydrogens is 256 g/mol. The molecule has 18 heavy (non-hydrogen) atoms. The van der Waals surface area contributed by atoms with Crippen molar-refractivity contribution >= 4 is 11.4 Å². The molecule has 8 heteroatoms. The highest BCUT2D eigenvalue weighted by Crippen LogP contribution is 2.26. The van der Waals surface area contributed by atoms with Gasteiger partial charge in [-0.05, 0) is 18.6 Å². The number of nitrogens with one attached hydrogen (secondary N) is 1. The smallest absolute Gasteiger partial charge is 0.324 e. The van der Waals surface area contributed by atoms with Crippen LogP contribution in [0.4, 0.5) is 28.9 Å². The molecule has 0 atom stereocenters. The van der Waals surface area contributed by atoms with Gasteiger partial charge in [-0.15, -0.1) is 0 Å². The van der Waals surface area contributed by atoms with E-state index in [4.69, 9.17) is 0 Å². The van der Waals surface area contributed by atoms with Crippen molar-refractivity contribution in [3.63, 3.8) is 0 Å². The Kier molecular flexibility index (Phi) is 4.10. The zero-order chi connectivity index (χ0) is 13.9. The third-order valence-corrected chi connectivity index (χ3v) is 2.25. The first-order chi connectivity index (χ1) is 8.24. The second-order valence-electron chi connectivity index (χ2n) is 3.67. The molecule has 1 N–H and O–H groups in total. The Bertz CT molecular complexity index is 452. The minimum atomic E-state index is -4.14. The zero-order valence-corrected chi connectivity index (χ0v) is 9.29. The van der Waals surface area contributed by atoms with Crippen molar-refractivity contribution in [2.24, 2.45) is 0 Å². The second kappa shape index (κ2) is 5.19. The summed E-state index contributed by atoms with van der Waals surface area (Å²) in [6.45, 7) is 0.221. The monoisotopic (exact) mass is 266 g/mol. The number of nitro benzene ring substituents is 1. The maximum absolute atomic E-state index is 12.7. The van der Waals surface area contributed by atoms with E-state index in [0.29, 0.717) is 5.56 Å². The molecule has 4 nitrogen and oxygen atoms in total. The molecule has 100 valence electrons. The molecule has 0 fully saturated rings. The van der Waals surface area contributed by atoms with E-state index < -0.39 is 23.8 Å². The molecule has 0 spiro atoms. The number of anilines is 1. The Balaban J connectivity index is 2.78. The van der Waals surface area contributed by atoms with E-state index in [1.807, 2.05) is 0 Å². The summed E-state index contributed by atoms with van der Waals surface area (Å²) in [5.41, 5.74) is 0.286. The number of nitro groups is 1. The quantitative estimate of drug-likeness (QED) is 0.505. The highest BCUT2D eigenvalue weighted by Gasteiger charge is 2.40. The molecular formula is C10H10F4N2O2. The van der Waals surface area contributed by atoms with Crippen LogP contribution >= 0.6 is 0 Å². The van der Waals surface area contributed by atoms with Crippen molar-refractivity contribution < 1.29 is 22.5 Å². The van der Waals surface area contributed by atoms with Crippen molar-refractivity contribution in [3.8, 4) is 0 Å². The van der Waals surface area contributed by atoms with Gasteiger partial charge < -0.3 is 5.32 Å². The summed E-state index contributed by atoms with van der Waals surface area (Å²) in [4.78, 5) is 9.80. The highest BCUT2D eigenvalue weighted by atomic mass is 19.3. The first-order valence-corrected chi connectivity index (χ1v) is 4.89. The summed E-state index contributed by atoms with van der Waals surface area (Å²) in [5, 5.41) is 12.6. The van der Waals surface area contributed by atoms with E-state index in [1.54, 1.807) is 0 Å². The third-order valence-electron chi connectivity index (χ3n) is 2.25. The van der Waals surface area contributed by atoms with Gasteiger partial charge in [0, 0.05) is 17.8 Å². The molecule has 1 aromatic carbocycles. The zero-order valence-electron chi connectivity index (χ0n) is 9.29. The molecule has 0 radical (unpaired) electrons. The van der Waals surface area contributed by atoms with Crippen LogP contribution in [-0.2, 0) is 0 Å². The van der Waals surface area contributed by atoms with Crippen molar-refractivity contribution in [2.75, 3.05) is 11.9 Å². The van der Waals surface area contributed by atoms with Gasteiger partial charge in [0.1, 0.15) is 0 Å². The van der Waals surface area contributed by atoms with Gasteiger partial charge in [0.15, 0.2) is 0 Å². The van der Waals surface area contributed by atoms with E-state index in [0.717, 1.165) is 6.07 Å². The van der Waals surface area contributed by atoms with Crippen LogP contribution in [0.1, 0.15) is 5.56 Å². The molecule has 0 amide bonds. The molecule has 0 aliphatic carbocycles. The van der Waals surface area contributed by atoms with E-state index in [1.165, 1.54) is 19.1 Å². The van der Waals surface area contributed by atoms with Crippen molar-refractivity contribution in [3.05, 3.63) is 33.9 Å². The van der Waals surface area contributed by atoms with Crippen molar-refractivity contribution in [2.45, 2.75) is 19.3 Å². The van der Waals surface area contributed by atoms with Gasteiger partial charge in [-0.3, -0.25) is 10.1 Å². The second-order valence-corrected chi connectivity index (χ2v) is 3.67.